The first-order valence-electron chi connectivity index (χ1n) is 5.91. The molecule has 0 saturated heterocycles. The Balaban J connectivity index is 2.04. The monoisotopic (exact) mass is 259 g/mol. The van der Waals surface area contributed by atoms with Crippen LogP contribution < -0.4 is 4.74 Å². The lowest BCUT2D eigenvalue weighted by Crippen LogP contribution is -2.34. The largest absolute Gasteiger partial charge is 0.461 e. The number of ether oxygens (including phenoxy) is 2. The summed E-state index contributed by atoms with van der Waals surface area (Å²) in [5, 5.41) is 10.1. The van der Waals surface area contributed by atoms with Gasteiger partial charge in [-0.2, -0.15) is 0 Å². The molecule has 0 fully saturated rings. The molecule has 0 aromatic heterocycles. The van der Waals surface area contributed by atoms with E-state index >= 15 is 0 Å². The summed E-state index contributed by atoms with van der Waals surface area (Å²) in [6.07, 6.45) is 8.32. The smallest absolute Gasteiger partial charge is 0.302 e. The number of hydrogen-bond donors (Lipinski definition) is 1. The van der Waals surface area contributed by atoms with Crippen LogP contribution in [0, 0.1) is 6.42 Å². The molecule has 19 heavy (non-hydrogen) atoms. The van der Waals surface area contributed by atoms with Gasteiger partial charge in [0.1, 0.15) is 12.4 Å². The minimum Gasteiger partial charge on any atom is -0.461 e. The maximum atomic E-state index is 10.8. The second-order valence-electron chi connectivity index (χ2n) is 4.19. The molecule has 1 N–H and O–H groups in total. The summed E-state index contributed by atoms with van der Waals surface area (Å²) in [5.74, 6) is -1.27. The number of hydrogen-bond acceptors (Lipinski definition) is 4. The molecule has 1 unspecified atom stereocenters. The Kier molecular flexibility index (Phi) is 4.02. The van der Waals surface area contributed by atoms with E-state index in [9.17, 15) is 9.90 Å². The zero-order chi connectivity index (χ0) is 13.7. The van der Waals surface area contributed by atoms with Gasteiger partial charge in [-0.25, -0.2) is 0 Å². The Morgan fingerprint density at radius 2 is 2.16 bits per heavy atom. The molecule has 0 amide bonds. The molecule has 1 aliphatic carbocycles. The molecule has 0 bridgehead atoms. The first-order chi connectivity index (χ1) is 9.07. The van der Waals surface area contributed by atoms with Gasteiger partial charge in [-0.15, -0.1) is 0 Å². The van der Waals surface area contributed by atoms with Crippen molar-refractivity contribution in [1.82, 2.24) is 0 Å². The molecule has 99 valence electrons. The summed E-state index contributed by atoms with van der Waals surface area (Å²) in [7, 11) is 0. The fraction of sp³-hybridized carbons (Fsp3) is 0.200. The highest BCUT2D eigenvalue weighted by molar-refractivity contribution is 5.65. The predicted molar refractivity (Wildman–Crippen MR) is 70.1 cm³/mol. The maximum absolute atomic E-state index is 10.8. The van der Waals surface area contributed by atoms with Gasteiger partial charge in [0.05, 0.1) is 6.42 Å². The molecule has 0 aliphatic heterocycles. The molecule has 0 spiro atoms. The molecule has 1 radical (unpaired) electrons. The van der Waals surface area contributed by atoms with Gasteiger partial charge in [-0.3, -0.25) is 4.79 Å². The molecule has 1 atom stereocenters. The Morgan fingerprint density at radius 1 is 1.32 bits per heavy atom. The molecular formula is C15H15O4. The van der Waals surface area contributed by atoms with Crippen molar-refractivity contribution in [1.29, 1.82) is 0 Å². The number of carbonyl (C=O) groups is 1. The second kappa shape index (κ2) is 5.71. The third-order valence-electron chi connectivity index (χ3n) is 2.51. The van der Waals surface area contributed by atoms with Crippen molar-refractivity contribution in [3.63, 3.8) is 0 Å². The SMILES string of the molecule is CC(=O)OCc1cccc(OC2(O)[CH]C=CC=C2)c1. The zero-order valence-corrected chi connectivity index (χ0v) is 10.6. The van der Waals surface area contributed by atoms with E-state index in [2.05, 4.69) is 0 Å². The fourth-order valence-corrected chi connectivity index (χ4v) is 1.65. The van der Waals surface area contributed by atoms with Gasteiger partial charge >= 0.3 is 5.97 Å². The molecule has 1 aliphatic rings. The molecule has 0 saturated carbocycles. The van der Waals surface area contributed by atoms with Crippen LogP contribution in [0.3, 0.4) is 0 Å². The number of carbonyl (C=O) groups excluding carboxylic acids is 1. The average Bonchev–Trinajstić information content (AvgIpc) is 2.37. The maximum Gasteiger partial charge on any atom is 0.302 e. The van der Waals surface area contributed by atoms with Crippen molar-refractivity contribution < 1.29 is 19.4 Å². The van der Waals surface area contributed by atoms with Gasteiger partial charge < -0.3 is 14.6 Å². The minimum atomic E-state index is -1.44. The van der Waals surface area contributed by atoms with Crippen LogP contribution in [0.2, 0.25) is 0 Å². The minimum absolute atomic E-state index is 0.185. The van der Waals surface area contributed by atoms with Crippen LogP contribution in [0.4, 0.5) is 0 Å². The number of aliphatic hydroxyl groups is 1. The summed E-state index contributed by atoms with van der Waals surface area (Å²) in [6, 6.07) is 7.05. The van der Waals surface area contributed by atoms with Gasteiger partial charge in [-0.05, 0) is 23.8 Å². The van der Waals surface area contributed by atoms with Crippen molar-refractivity contribution in [3.05, 3.63) is 60.6 Å². The van der Waals surface area contributed by atoms with E-state index in [0.29, 0.717) is 5.75 Å². The molecule has 1 aromatic carbocycles. The second-order valence-corrected chi connectivity index (χ2v) is 4.19. The van der Waals surface area contributed by atoms with Crippen molar-refractivity contribution in [3.8, 4) is 5.75 Å². The lowest BCUT2D eigenvalue weighted by atomic mass is 10.1. The summed E-state index contributed by atoms with van der Waals surface area (Å²) in [4.78, 5) is 10.8. The van der Waals surface area contributed by atoms with Crippen LogP contribution >= 0.6 is 0 Å². The molecule has 0 heterocycles. The van der Waals surface area contributed by atoms with E-state index in [1.54, 1.807) is 48.9 Å². The quantitative estimate of drug-likeness (QED) is 0.665. The van der Waals surface area contributed by atoms with Crippen molar-refractivity contribution >= 4 is 5.97 Å². The Morgan fingerprint density at radius 3 is 2.84 bits per heavy atom. The highest BCUT2D eigenvalue weighted by atomic mass is 16.6. The topological polar surface area (TPSA) is 55.8 Å². The first kappa shape index (κ1) is 13.4. The van der Waals surface area contributed by atoms with Crippen molar-refractivity contribution in [2.45, 2.75) is 19.3 Å². The summed E-state index contributed by atoms with van der Waals surface area (Å²) >= 11 is 0. The standard InChI is InChI=1S/C15H15O4/c1-12(16)18-11-13-6-5-7-14(10-13)19-15(17)8-3-2-4-9-15/h2-10,17H,11H2,1H3. The van der Waals surface area contributed by atoms with Crippen molar-refractivity contribution in [2.24, 2.45) is 0 Å². The van der Waals surface area contributed by atoms with Crippen LogP contribution in [0.1, 0.15) is 12.5 Å². The van der Waals surface area contributed by atoms with Crippen LogP contribution in [0.15, 0.2) is 48.6 Å². The van der Waals surface area contributed by atoms with Crippen molar-refractivity contribution in [2.75, 3.05) is 0 Å². The van der Waals surface area contributed by atoms with Gasteiger partial charge in [0.2, 0.25) is 5.79 Å². The fourth-order valence-electron chi connectivity index (χ4n) is 1.65. The Labute approximate surface area is 112 Å². The van der Waals surface area contributed by atoms with Crippen LogP contribution in [-0.2, 0) is 16.1 Å². The molecule has 4 nitrogen and oxygen atoms in total. The van der Waals surface area contributed by atoms with E-state index in [-0.39, 0.29) is 12.6 Å². The Bertz CT molecular complexity index is 519. The van der Waals surface area contributed by atoms with Gasteiger partial charge in [-0.1, -0.05) is 30.4 Å². The lowest BCUT2D eigenvalue weighted by molar-refractivity contribution is -0.142. The molecule has 2 rings (SSSR count). The number of esters is 1. The highest BCUT2D eigenvalue weighted by Crippen LogP contribution is 2.23. The van der Waals surface area contributed by atoms with Crippen LogP contribution in [0.25, 0.3) is 0 Å². The normalized spacial score (nSPS) is 21.2. The van der Waals surface area contributed by atoms with E-state index in [0.717, 1.165) is 5.56 Å². The number of rotatable bonds is 4. The van der Waals surface area contributed by atoms with Crippen LogP contribution in [0.5, 0.6) is 5.75 Å². The summed E-state index contributed by atoms with van der Waals surface area (Å²) in [5.41, 5.74) is 0.798. The van der Waals surface area contributed by atoms with Gasteiger partial charge in [0.15, 0.2) is 0 Å². The first-order valence-corrected chi connectivity index (χ1v) is 5.91. The van der Waals surface area contributed by atoms with E-state index < -0.39 is 5.79 Å². The lowest BCUT2D eigenvalue weighted by Gasteiger charge is -2.26. The number of benzene rings is 1. The van der Waals surface area contributed by atoms with E-state index in [1.165, 1.54) is 6.92 Å². The summed E-state index contributed by atoms with van der Waals surface area (Å²) < 4.78 is 10.4. The third kappa shape index (κ3) is 3.96. The molecule has 1 aromatic rings. The van der Waals surface area contributed by atoms with Crippen LogP contribution in [-0.4, -0.2) is 16.9 Å². The van der Waals surface area contributed by atoms with Gasteiger partial charge in [0, 0.05) is 6.92 Å². The number of allylic oxidation sites excluding steroid dienone is 2. The third-order valence-corrected chi connectivity index (χ3v) is 2.51. The van der Waals surface area contributed by atoms with E-state index in [4.69, 9.17) is 9.47 Å². The predicted octanol–water partition coefficient (Wildman–Crippen LogP) is 2.15. The summed E-state index contributed by atoms with van der Waals surface area (Å²) in [6.45, 7) is 1.54. The van der Waals surface area contributed by atoms with E-state index in [1.807, 2.05) is 6.07 Å². The van der Waals surface area contributed by atoms with Gasteiger partial charge in [0.25, 0.3) is 0 Å². The molecule has 4 heteroatoms. The average molecular weight is 259 g/mol. The Hall–Kier alpha value is -2.07. The highest BCUT2D eigenvalue weighted by Gasteiger charge is 2.26. The zero-order valence-electron chi connectivity index (χ0n) is 10.6. The molecular weight excluding hydrogens is 244 g/mol.